The van der Waals surface area contributed by atoms with Gasteiger partial charge in [0.1, 0.15) is 5.52 Å². The first kappa shape index (κ1) is 11.9. The van der Waals surface area contributed by atoms with Crippen LogP contribution in [0.2, 0.25) is 0 Å². The molecule has 1 N–H and O–H groups in total. The molecule has 2 aromatic heterocycles. The first-order chi connectivity index (χ1) is 7.92. The number of nitrogens with one attached hydrogen (secondary N) is 1. The van der Waals surface area contributed by atoms with E-state index in [1.54, 1.807) is 12.5 Å². The first-order valence-electron chi connectivity index (χ1n) is 4.81. The molecule has 0 saturated carbocycles. The van der Waals surface area contributed by atoms with Gasteiger partial charge in [0.25, 0.3) is 0 Å². The van der Waals surface area contributed by atoms with Crippen molar-refractivity contribution in [2.75, 3.05) is 0 Å². The maximum atomic E-state index is 4.34. The van der Waals surface area contributed by atoms with E-state index < -0.39 is 0 Å². The lowest BCUT2D eigenvalue weighted by Gasteiger charge is -1.98. The lowest BCUT2D eigenvalue weighted by atomic mass is 10.4. The number of aromatic amines is 1. The molecule has 0 aliphatic rings. The minimum absolute atomic E-state index is 0. The second kappa shape index (κ2) is 5.16. The average Bonchev–Trinajstić information content (AvgIpc) is 2.77. The standard InChI is InChI=1S/C11H8N4S.ClH/c1-2-4-8(5-3-1)16-11-12-6-9-10(15-11)14-7-13-9;/h1-7H,(H,12,13,14,15);1H. The Labute approximate surface area is 108 Å². The number of imidazole rings is 1. The zero-order chi connectivity index (χ0) is 10.8. The summed E-state index contributed by atoms with van der Waals surface area (Å²) in [6.07, 6.45) is 3.37. The molecule has 0 atom stereocenters. The van der Waals surface area contributed by atoms with Gasteiger partial charge in [-0.05, 0) is 23.9 Å². The molecule has 0 fully saturated rings. The molecule has 2 heterocycles. The molecular weight excluding hydrogens is 256 g/mol. The molecule has 3 aromatic rings. The number of H-pyrrole nitrogens is 1. The van der Waals surface area contributed by atoms with Crippen LogP contribution in [0.25, 0.3) is 11.2 Å². The van der Waals surface area contributed by atoms with Gasteiger partial charge in [-0.25, -0.2) is 15.0 Å². The summed E-state index contributed by atoms with van der Waals surface area (Å²) in [7, 11) is 0. The van der Waals surface area contributed by atoms with E-state index in [2.05, 4.69) is 19.9 Å². The van der Waals surface area contributed by atoms with Crippen LogP contribution in [0.15, 0.2) is 52.9 Å². The van der Waals surface area contributed by atoms with E-state index in [0.29, 0.717) is 10.8 Å². The highest BCUT2D eigenvalue weighted by Gasteiger charge is 2.03. The summed E-state index contributed by atoms with van der Waals surface area (Å²) in [6.45, 7) is 0. The first-order valence-corrected chi connectivity index (χ1v) is 5.62. The molecule has 1 aromatic carbocycles. The van der Waals surface area contributed by atoms with Crippen LogP contribution in [0.5, 0.6) is 0 Å². The van der Waals surface area contributed by atoms with Gasteiger partial charge < -0.3 is 4.98 Å². The normalized spacial score (nSPS) is 10.1. The summed E-state index contributed by atoms with van der Waals surface area (Å²) in [6, 6.07) is 10.0. The molecule has 6 heteroatoms. The van der Waals surface area contributed by atoms with Crippen molar-refractivity contribution >= 4 is 35.3 Å². The van der Waals surface area contributed by atoms with E-state index in [4.69, 9.17) is 0 Å². The van der Waals surface area contributed by atoms with E-state index >= 15 is 0 Å². The summed E-state index contributed by atoms with van der Waals surface area (Å²) in [5.74, 6) is 0. The Morgan fingerprint density at radius 2 is 1.88 bits per heavy atom. The third-order valence-electron chi connectivity index (χ3n) is 2.11. The van der Waals surface area contributed by atoms with E-state index in [1.165, 1.54) is 11.8 Å². The van der Waals surface area contributed by atoms with Crippen molar-refractivity contribution in [3.63, 3.8) is 0 Å². The smallest absolute Gasteiger partial charge is 0.194 e. The predicted octanol–water partition coefficient (Wildman–Crippen LogP) is 2.93. The molecule has 0 unspecified atom stereocenters. The molecule has 0 aliphatic heterocycles. The van der Waals surface area contributed by atoms with Crippen molar-refractivity contribution in [2.24, 2.45) is 0 Å². The Morgan fingerprint density at radius 3 is 2.71 bits per heavy atom. The molecule has 17 heavy (non-hydrogen) atoms. The highest BCUT2D eigenvalue weighted by Crippen LogP contribution is 2.24. The van der Waals surface area contributed by atoms with Gasteiger partial charge in [0.2, 0.25) is 0 Å². The van der Waals surface area contributed by atoms with Crippen molar-refractivity contribution < 1.29 is 0 Å². The van der Waals surface area contributed by atoms with Crippen LogP contribution in [0.4, 0.5) is 0 Å². The van der Waals surface area contributed by atoms with Gasteiger partial charge in [0, 0.05) is 4.90 Å². The number of benzene rings is 1. The SMILES string of the molecule is Cl.c1ccc(Sc2ncc3[nH]cnc3n2)cc1. The molecule has 0 radical (unpaired) electrons. The number of hydrogen-bond donors (Lipinski definition) is 1. The third-order valence-corrected chi connectivity index (χ3v) is 2.99. The number of nitrogens with zero attached hydrogens (tertiary/aromatic N) is 3. The number of halogens is 1. The lowest BCUT2D eigenvalue weighted by molar-refractivity contribution is 0.993. The monoisotopic (exact) mass is 264 g/mol. The van der Waals surface area contributed by atoms with E-state index in [9.17, 15) is 0 Å². The lowest BCUT2D eigenvalue weighted by Crippen LogP contribution is -1.86. The van der Waals surface area contributed by atoms with E-state index in [0.717, 1.165) is 10.4 Å². The Morgan fingerprint density at radius 1 is 1.06 bits per heavy atom. The number of aromatic nitrogens is 4. The summed E-state index contributed by atoms with van der Waals surface area (Å²) >= 11 is 1.53. The van der Waals surface area contributed by atoms with Gasteiger partial charge in [0.15, 0.2) is 10.8 Å². The van der Waals surface area contributed by atoms with Crippen molar-refractivity contribution in [1.82, 2.24) is 19.9 Å². The van der Waals surface area contributed by atoms with Crippen LogP contribution in [0, 0.1) is 0 Å². The maximum Gasteiger partial charge on any atom is 0.194 e. The molecule has 0 spiro atoms. The van der Waals surface area contributed by atoms with Crippen LogP contribution in [0.1, 0.15) is 0 Å². The van der Waals surface area contributed by atoms with Crippen molar-refractivity contribution in [1.29, 1.82) is 0 Å². The minimum atomic E-state index is 0. The third kappa shape index (κ3) is 2.57. The number of rotatable bonds is 2. The van der Waals surface area contributed by atoms with E-state index in [1.807, 2.05) is 30.3 Å². The molecule has 4 nitrogen and oxygen atoms in total. The van der Waals surface area contributed by atoms with Gasteiger partial charge in [-0.2, -0.15) is 0 Å². The van der Waals surface area contributed by atoms with Gasteiger partial charge in [-0.15, -0.1) is 12.4 Å². The van der Waals surface area contributed by atoms with Gasteiger partial charge in [-0.1, -0.05) is 18.2 Å². The van der Waals surface area contributed by atoms with Crippen molar-refractivity contribution in [2.45, 2.75) is 10.1 Å². The van der Waals surface area contributed by atoms with Gasteiger partial charge in [-0.3, -0.25) is 0 Å². The average molecular weight is 265 g/mol. The fourth-order valence-electron chi connectivity index (χ4n) is 1.36. The molecule has 3 rings (SSSR count). The molecule has 0 amide bonds. The summed E-state index contributed by atoms with van der Waals surface area (Å²) < 4.78 is 0. The number of fused-ring (bicyclic) bond motifs is 1. The molecule has 0 aliphatic carbocycles. The Kier molecular flexibility index (Phi) is 3.61. The Balaban J connectivity index is 0.00000108. The van der Waals surface area contributed by atoms with Crippen LogP contribution in [-0.4, -0.2) is 19.9 Å². The van der Waals surface area contributed by atoms with Gasteiger partial charge in [0.05, 0.1) is 12.5 Å². The fraction of sp³-hybridized carbons (Fsp3) is 0. The van der Waals surface area contributed by atoms with Crippen LogP contribution >= 0.6 is 24.2 Å². The summed E-state index contributed by atoms with van der Waals surface area (Å²) in [5, 5.41) is 0.714. The van der Waals surface area contributed by atoms with Crippen molar-refractivity contribution in [3.8, 4) is 0 Å². The zero-order valence-electron chi connectivity index (χ0n) is 8.70. The minimum Gasteiger partial charge on any atom is -0.342 e. The zero-order valence-corrected chi connectivity index (χ0v) is 10.3. The highest BCUT2D eigenvalue weighted by atomic mass is 35.5. The topological polar surface area (TPSA) is 54.5 Å². The second-order valence-electron chi connectivity index (χ2n) is 3.21. The molecule has 0 saturated heterocycles. The second-order valence-corrected chi connectivity index (χ2v) is 4.25. The predicted molar refractivity (Wildman–Crippen MR) is 69.5 cm³/mol. The van der Waals surface area contributed by atoms with E-state index in [-0.39, 0.29) is 12.4 Å². The van der Waals surface area contributed by atoms with Crippen LogP contribution in [-0.2, 0) is 0 Å². The maximum absolute atomic E-state index is 4.34. The molecule has 0 bridgehead atoms. The Bertz CT molecular complexity index is 611. The molecular formula is C11H9ClN4S. The Hall–Kier alpha value is -1.59. The number of hydrogen-bond acceptors (Lipinski definition) is 4. The van der Waals surface area contributed by atoms with Crippen LogP contribution < -0.4 is 0 Å². The largest absolute Gasteiger partial charge is 0.342 e. The quantitative estimate of drug-likeness (QED) is 0.723. The fourth-order valence-corrected chi connectivity index (χ4v) is 2.11. The van der Waals surface area contributed by atoms with Crippen molar-refractivity contribution in [3.05, 3.63) is 42.9 Å². The molecule has 86 valence electrons. The van der Waals surface area contributed by atoms with Crippen LogP contribution in [0.3, 0.4) is 0 Å². The van der Waals surface area contributed by atoms with Gasteiger partial charge >= 0.3 is 0 Å². The highest BCUT2D eigenvalue weighted by molar-refractivity contribution is 7.99. The summed E-state index contributed by atoms with van der Waals surface area (Å²) in [4.78, 5) is 16.8. The summed E-state index contributed by atoms with van der Waals surface area (Å²) in [5.41, 5.74) is 1.56.